The largest absolute Gasteiger partial charge is 0.497 e. The Labute approximate surface area is 288 Å². The van der Waals surface area contributed by atoms with E-state index in [9.17, 15) is 9.90 Å². The Morgan fingerprint density at radius 2 is 1.59 bits per heavy atom. The van der Waals surface area contributed by atoms with Crippen molar-refractivity contribution >= 4 is 23.4 Å². The van der Waals surface area contributed by atoms with E-state index in [1.807, 2.05) is 67.6 Å². The molecule has 2 unspecified atom stereocenters. The third-order valence-corrected chi connectivity index (χ3v) is 10.5. The first-order chi connectivity index (χ1) is 23.7. The number of aliphatic hydroxyl groups is 1. The van der Waals surface area contributed by atoms with Crippen LogP contribution in [0, 0.1) is 11.8 Å². The monoisotopic (exact) mass is 663 g/mol. The summed E-state index contributed by atoms with van der Waals surface area (Å²) in [5, 5.41) is 10.9. The van der Waals surface area contributed by atoms with E-state index in [0.717, 1.165) is 11.1 Å². The van der Waals surface area contributed by atoms with Crippen molar-refractivity contribution in [2.24, 2.45) is 11.8 Å². The first-order valence-electron chi connectivity index (χ1n) is 16.9. The lowest BCUT2D eigenvalue weighted by Crippen LogP contribution is -2.59. The van der Waals surface area contributed by atoms with Crippen molar-refractivity contribution in [1.29, 1.82) is 0 Å². The predicted octanol–water partition coefficient (Wildman–Crippen LogP) is 4.80. The van der Waals surface area contributed by atoms with Crippen LogP contribution in [0.4, 0.5) is 5.69 Å². The standard InChI is InChI=1S/C40H45N3O6/c1-5-23-41(26-29-15-11-8-12-16-29)36(45)33-34-37(46)43(31(27-44)25-28-13-9-7-10-14-28)35(40(34)22-21-39(33,3)49-40)38(47)42(24-6-2)30-17-19-32(48-4)20-18-30/h5-20,31,33-35,44H,1-2,21-27H2,3-4H3/t31-,33+,34+,35?,39-,40?/m1/s1. The van der Waals surface area contributed by atoms with Crippen LogP contribution in [0.25, 0.3) is 0 Å². The highest BCUT2D eigenvalue weighted by atomic mass is 16.5. The van der Waals surface area contributed by atoms with E-state index in [0.29, 0.717) is 37.2 Å². The maximum absolute atomic E-state index is 15.1. The summed E-state index contributed by atoms with van der Waals surface area (Å²) in [4.78, 5) is 49.7. The summed E-state index contributed by atoms with van der Waals surface area (Å²) in [5.74, 6) is -2.01. The molecule has 9 nitrogen and oxygen atoms in total. The molecule has 1 N–H and O–H groups in total. The van der Waals surface area contributed by atoms with Crippen molar-refractivity contribution < 1.29 is 29.0 Å². The molecule has 3 fully saturated rings. The molecule has 9 heteroatoms. The SMILES string of the molecule is C=CCN(Cc1ccccc1)C(=O)[C@@H]1[C@H]2C(=O)N([C@@H](CO)Cc3ccccc3)C(C(=O)N(CC=C)c3ccc(OC)cc3)C23CC[C@@]1(C)O3. The third kappa shape index (κ3) is 6.06. The molecule has 0 aromatic heterocycles. The molecule has 0 saturated carbocycles. The van der Waals surface area contributed by atoms with Gasteiger partial charge in [0.2, 0.25) is 11.8 Å². The van der Waals surface area contributed by atoms with E-state index < -0.39 is 35.1 Å². The molecular formula is C40H45N3O6. The maximum atomic E-state index is 15.1. The fourth-order valence-electron chi connectivity index (χ4n) is 8.30. The van der Waals surface area contributed by atoms with Gasteiger partial charge in [0, 0.05) is 25.3 Å². The Bertz CT molecular complexity index is 1680. The smallest absolute Gasteiger partial charge is 0.253 e. The van der Waals surface area contributed by atoms with Crippen molar-refractivity contribution in [2.45, 2.75) is 56.0 Å². The number of nitrogens with zero attached hydrogens (tertiary/aromatic N) is 3. The second-order valence-corrected chi connectivity index (χ2v) is 13.4. The summed E-state index contributed by atoms with van der Waals surface area (Å²) < 4.78 is 12.3. The summed E-state index contributed by atoms with van der Waals surface area (Å²) >= 11 is 0. The molecule has 3 saturated heterocycles. The minimum atomic E-state index is -1.27. The van der Waals surface area contributed by atoms with Crippen LogP contribution < -0.4 is 9.64 Å². The number of benzene rings is 3. The molecule has 0 aliphatic carbocycles. The van der Waals surface area contributed by atoms with Crippen LogP contribution in [-0.4, -0.2) is 82.7 Å². The number of amides is 3. The topological polar surface area (TPSA) is 99.6 Å². The van der Waals surface area contributed by atoms with Crippen molar-refractivity contribution in [1.82, 2.24) is 9.80 Å². The number of aliphatic hydroxyl groups excluding tert-OH is 1. The summed E-state index contributed by atoms with van der Waals surface area (Å²) in [6.45, 7) is 10.1. The lowest BCUT2D eigenvalue weighted by Gasteiger charge is -2.39. The van der Waals surface area contributed by atoms with Crippen LogP contribution in [0.2, 0.25) is 0 Å². The van der Waals surface area contributed by atoms with Gasteiger partial charge in [0.1, 0.15) is 17.4 Å². The van der Waals surface area contributed by atoms with E-state index in [-0.39, 0.29) is 37.4 Å². The number of carbonyl (C=O) groups excluding carboxylic acids is 3. The van der Waals surface area contributed by atoms with Gasteiger partial charge in [-0.05, 0) is 61.6 Å². The summed E-state index contributed by atoms with van der Waals surface area (Å²) in [5.41, 5.74) is 0.240. The van der Waals surface area contributed by atoms with Gasteiger partial charge in [0.15, 0.2) is 0 Å². The van der Waals surface area contributed by atoms with Crippen LogP contribution in [-0.2, 0) is 32.1 Å². The molecule has 6 rings (SSSR count). The molecule has 3 aliphatic rings. The molecule has 3 aliphatic heterocycles. The Kier molecular flexibility index (Phi) is 9.77. The van der Waals surface area contributed by atoms with Crippen molar-refractivity contribution in [2.75, 3.05) is 31.7 Å². The van der Waals surface area contributed by atoms with E-state index in [2.05, 4.69) is 13.2 Å². The average Bonchev–Trinajstić information content (AvgIpc) is 3.70. The Morgan fingerprint density at radius 3 is 2.18 bits per heavy atom. The highest BCUT2D eigenvalue weighted by Crippen LogP contribution is 2.64. The minimum Gasteiger partial charge on any atom is -0.497 e. The molecule has 3 amide bonds. The van der Waals surface area contributed by atoms with Crippen LogP contribution in [0.1, 0.15) is 30.9 Å². The van der Waals surface area contributed by atoms with Gasteiger partial charge in [-0.3, -0.25) is 14.4 Å². The van der Waals surface area contributed by atoms with Gasteiger partial charge in [0.05, 0.1) is 37.2 Å². The number of carbonyl (C=O) groups is 3. The molecule has 3 aromatic carbocycles. The fraction of sp³-hybridized carbons (Fsp3) is 0.375. The lowest BCUT2D eigenvalue weighted by atomic mass is 9.66. The number of rotatable bonds is 14. The summed E-state index contributed by atoms with van der Waals surface area (Å²) in [7, 11) is 1.58. The second kappa shape index (κ2) is 14.0. The van der Waals surface area contributed by atoms with E-state index in [1.165, 1.54) is 0 Å². The van der Waals surface area contributed by atoms with Gasteiger partial charge < -0.3 is 29.3 Å². The molecule has 3 heterocycles. The van der Waals surface area contributed by atoms with Gasteiger partial charge in [0.25, 0.3) is 5.91 Å². The van der Waals surface area contributed by atoms with Crippen LogP contribution in [0.5, 0.6) is 5.75 Å². The number of likely N-dealkylation sites (tertiary alicyclic amines) is 1. The molecule has 2 bridgehead atoms. The number of anilines is 1. The Morgan fingerprint density at radius 1 is 0.959 bits per heavy atom. The molecular weight excluding hydrogens is 618 g/mol. The zero-order valence-electron chi connectivity index (χ0n) is 28.2. The number of fused-ring (bicyclic) bond motifs is 1. The Hall–Kier alpha value is -4.73. The van der Waals surface area contributed by atoms with Crippen LogP contribution in [0.15, 0.2) is 110 Å². The van der Waals surface area contributed by atoms with E-state index in [1.54, 1.807) is 58.2 Å². The quantitative estimate of drug-likeness (QED) is 0.249. The van der Waals surface area contributed by atoms with Gasteiger partial charge in [-0.25, -0.2) is 0 Å². The normalized spacial score (nSPS) is 25.8. The molecule has 49 heavy (non-hydrogen) atoms. The highest BCUT2D eigenvalue weighted by molar-refractivity contribution is 6.05. The second-order valence-electron chi connectivity index (χ2n) is 13.4. The molecule has 1 spiro atoms. The number of ether oxygens (including phenoxy) is 2. The van der Waals surface area contributed by atoms with Crippen molar-refractivity contribution in [3.8, 4) is 5.75 Å². The van der Waals surface area contributed by atoms with Gasteiger partial charge in [-0.15, -0.1) is 13.2 Å². The zero-order chi connectivity index (χ0) is 34.8. The van der Waals surface area contributed by atoms with E-state index in [4.69, 9.17) is 9.47 Å². The van der Waals surface area contributed by atoms with E-state index >= 15 is 9.59 Å². The fourth-order valence-corrected chi connectivity index (χ4v) is 8.30. The molecule has 256 valence electrons. The molecule has 0 radical (unpaired) electrons. The zero-order valence-corrected chi connectivity index (χ0v) is 28.2. The number of hydrogen-bond acceptors (Lipinski definition) is 6. The molecule has 3 aromatic rings. The maximum Gasteiger partial charge on any atom is 0.253 e. The van der Waals surface area contributed by atoms with Crippen LogP contribution in [0.3, 0.4) is 0 Å². The highest BCUT2D eigenvalue weighted by Gasteiger charge is 2.79. The van der Waals surface area contributed by atoms with Gasteiger partial charge >= 0.3 is 0 Å². The summed E-state index contributed by atoms with van der Waals surface area (Å²) in [6.07, 6.45) is 4.58. The van der Waals surface area contributed by atoms with Crippen LogP contribution >= 0.6 is 0 Å². The van der Waals surface area contributed by atoms with Crippen molar-refractivity contribution in [3.05, 3.63) is 121 Å². The number of methoxy groups -OCH3 is 1. The predicted molar refractivity (Wildman–Crippen MR) is 188 cm³/mol. The van der Waals surface area contributed by atoms with Crippen molar-refractivity contribution in [3.63, 3.8) is 0 Å². The van der Waals surface area contributed by atoms with Gasteiger partial charge in [-0.2, -0.15) is 0 Å². The summed E-state index contributed by atoms with van der Waals surface area (Å²) in [6, 6.07) is 24.6. The minimum absolute atomic E-state index is 0.177. The first-order valence-corrected chi connectivity index (χ1v) is 16.9. The average molecular weight is 664 g/mol. The van der Waals surface area contributed by atoms with Gasteiger partial charge in [-0.1, -0.05) is 72.8 Å². The number of hydrogen-bond donors (Lipinski definition) is 1. The third-order valence-electron chi connectivity index (χ3n) is 10.5. The first kappa shape index (κ1) is 34.1. The molecule has 6 atom stereocenters. The Balaban J connectivity index is 1.44. The lowest BCUT2D eigenvalue weighted by molar-refractivity contribution is -0.152.